The molecule has 4 aromatic rings. The quantitative estimate of drug-likeness (QED) is 0.523. The summed E-state index contributed by atoms with van der Waals surface area (Å²) in [5, 5.41) is 6.15. The number of nitrogens with zero attached hydrogens (tertiary/aromatic N) is 6. The fourth-order valence-corrected chi connectivity index (χ4v) is 4.27. The average molecular weight is 434 g/mol. The van der Waals surface area contributed by atoms with Crippen molar-refractivity contribution >= 4 is 28.3 Å². The monoisotopic (exact) mass is 433 g/mol. The standard InChI is InChI=1S/C23H24ClN7/c1-2-15-8-16(11-26-10-15)20-9-21-17(12-27-20)13-28-31(21)22-6-5-19(24)23(29-22)30-7-3-4-18(25)14-30/h5-6,8-13,18H,2-4,7,14,25H2,1H3/t18-/m0/s1. The Balaban J connectivity index is 1.56. The Morgan fingerprint density at radius 3 is 2.90 bits per heavy atom. The zero-order valence-corrected chi connectivity index (χ0v) is 18.1. The van der Waals surface area contributed by atoms with E-state index in [-0.39, 0.29) is 6.04 Å². The SMILES string of the molecule is CCc1cncc(-c2cc3c(cn2)cnn3-c2ccc(Cl)c(N3CCC[C@H](N)C3)n2)c1. The predicted octanol–water partition coefficient (Wildman–Crippen LogP) is 4.02. The highest BCUT2D eigenvalue weighted by atomic mass is 35.5. The maximum atomic E-state index is 6.50. The summed E-state index contributed by atoms with van der Waals surface area (Å²) in [6.07, 6.45) is 10.4. The van der Waals surface area contributed by atoms with Crippen molar-refractivity contribution in [1.82, 2.24) is 24.7 Å². The van der Waals surface area contributed by atoms with E-state index in [1.807, 2.05) is 41.5 Å². The van der Waals surface area contributed by atoms with E-state index in [9.17, 15) is 0 Å². The van der Waals surface area contributed by atoms with Gasteiger partial charge in [0, 0.05) is 48.7 Å². The Kier molecular flexibility index (Phi) is 5.29. The minimum atomic E-state index is 0.141. The van der Waals surface area contributed by atoms with Gasteiger partial charge in [-0.25, -0.2) is 9.67 Å². The Morgan fingerprint density at radius 2 is 2.06 bits per heavy atom. The van der Waals surface area contributed by atoms with Gasteiger partial charge in [0.1, 0.15) is 5.82 Å². The van der Waals surface area contributed by atoms with E-state index < -0.39 is 0 Å². The van der Waals surface area contributed by atoms with E-state index in [0.717, 1.165) is 60.3 Å². The number of rotatable bonds is 4. The van der Waals surface area contributed by atoms with Crippen molar-refractivity contribution in [3.05, 3.63) is 59.6 Å². The van der Waals surface area contributed by atoms with Gasteiger partial charge >= 0.3 is 0 Å². The molecule has 5 rings (SSSR count). The van der Waals surface area contributed by atoms with Crippen LogP contribution in [0.4, 0.5) is 5.82 Å². The van der Waals surface area contributed by atoms with E-state index in [4.69, 9.17) is 22.3 Å². The number of anilines is 1. The third-order valence-corrected chi connectivity index (χ3v) is 6.03. The molecule has 0 unspecified atom stereocenters. The molecule has 1 saturated heterocycles. The van der Waals surface area contributed by atoms with E-state index in [0.29, 0.717) is 10.8 Å². The van der Waals surface area contributed by atoms with Gasteiger partial charge in [0.15, 0.2) is 5.82 Å². The lowest BCUT2D eigenvalue weighted by atomic mass is 10.1. The van der Waals surface area contributed by atoms with Crippen LogP contribution in [0.1, 0.15) is 25.3 Å². The first-order valence-electron chi connectivity index (χ1n) is 10.6. The second-order valence-corrected chi connectivity index (χ2v) is 8.35. The van der Waals surface area contributed by atoms with Crippen LogP contribution < -0.4 is 10.6 Å². The van der Waals surface area contributed by atoms with Crippen molar-refractivity contribution in [2.45, 2.75) is 32.2 Å². The molecular formula is C23H24ClN7. The molecule has 0 spiro atoms. The number of fused-ring (bicyclic) bond motifs is 1. The zero-order valence-electron chi connectivity index (χ0n) is 17.4. The first-order valence-corrected chi connectivity index (χ1v) is 11.0. The van der Waals surface area contributed by atoms with Crippen LogP contribution in [0.5, 0.6) is 0 Å². The van der Waals surface area contributed by atoms with Gasteiger partial charge in [0.2, 0.25) is 0 Å². The van der Waals surface area contributed by atoms with Crippen molar-refractivity contribution in [3.8, 4) is 17.1 Å². The van der Waals surface area contributed by atoms with Crippen LogP contribution in [-0.2, 0) is 6.42 Å². The van der Waals surface area contributed by atoms with Gasteiger partial charge < -0.3 is 10.6 Å². The molecule has 1 aliphatic heterocycles. The first-order chi connectivity index (χ1) is 15.1. The van der Waals surface area contributed by atoms with Crippen LogP contribution in [0.25, 0.3) is 28.0 Å². The molecule has 0 saturated carbocycles. The topological polar surface area (TPSA) is 85.8 Å². The molecule has 7 nitrogen and oxygen atoms in total. The number of pyridine rings is 3. The summed E-state index contributed by atoms with van der Waals surface area (Å²) >= 11 is 6.50. The van der Waals surface area contributed by atoms with Crippen LogP contribution in [0.2, 0.25) is 5.02 Å². The molecule has 0 radical (unpaired) electrons. The van der Waals surface area contributed by atoms with Crippen LogP contribution in [0.15, 0.2) is 49.1 Å². The average Bonchev–Trinajstić information content (AvgIpc) is 3.23. The second-order valence-electron chi connectivity index (χ2n) is 7.94. The highest BCUT2D eigenvalue weighted by molar-refractivity contribution is 6.33. The molecule has 0 bridgehead atoms. The number of nitrogens with two attached hydrogens (primary N) is 1. The summed E-state index contributed by atoms with van der Waals surface area (Å²) in [5.74, 6) is 1.47. The third-order valence-electron chi connectivity index (χ3n) is 5.74. The molecule has 158 valence electrons. The number of aryl methyl sites for hydroxylation is 1. The summed E-state index contributed by atoms with van der Waals surface area (Å²) in [6.45, 7) is 3.77. The lowest BCUT2D eigenvalue weighted by Gasteiger charge is -2.32. The number of halogens is 1. The van der Waals surface area contributed by atoms with Crippen molar-refractivity contribution in [2.75, 3.05) is 18.0 Å². The fraction of sp³-hybridized carbons (Fsp3) is 0.304. The van der Waals surface area contributed by atoms with E-state index in [2.05, 4.69) is 33.0 Å². The van der Waals surface area contributed by atoms with Crippen LogP contribution in [0.3, 0.4) is 0 Å². The molecule has 1 aliphatic rings. The molecule has 8 heteroatoms. The second kappa shape index (κ2) is 8.24. The van der Waals surface area contributed by atoms with Crippen LogP contribution in [0, 0.1) is 0 Å². The normalized spacial score (nSPS) is 16.7. The predicted molar refractivity (Wildman–Crippen MR) is 124 cm³/mol. The van der Waals surface area contributed by atoms with E-state index in [1.54, 1.807) is 6.20 Å². The summed E-state index contributed by atoms with van der Waals surface area (Å²) in [6, 6.07) is 8.07. The van der Waals surface area contributed by atoms with Gasteiger partial charge in [-0.1, -0.05) is 18.5 Å². The molecule has 0 amide bonds. The molecule has 0 aromatic carbocycles. The molecule has 0 aliphatic carbocycles. The summed E-state index contributed by atoms with van der Waals surface area (Å²) < 4.78 is 1.83. The van der Waals surface area contributed by atoms with Crippen molar-refractivity contribution in [2.24, 2.45) is 5.73 Å². The molecule has 2 N–H and O–H groups in total. The number of hydrogen-bond donors (Lipinski definition) is 1. The fourth-order valence-electron chi connectivity index (χ4n) is 4.05. The van der Waals surface area contributed by atoms with Crippen LogP contribution >= 0.6 is 11.6 Å². The van der Waals surface area contributed by atoms with Gasteiger partial charge in [0.05, 0.1) is 22.4 Å². The summed E-state index contributed by atoms with van der Waals surface area (Å²) in [5.41, 5.74) is 10.1. The van der Waals surface area contributed by atoms with E-state index >= 15 is 0 Å². The largest absolute Gasteiger partial charge is 0.354 e. The van der Waals surface area contributed by atoms with Crippen molar-refractivity contribution < 1.29 is 0 Å². The Bertz CT molecular complexity index is 1240. The molecule has 1 atom stereocenters. The molecule has 1 fully saturated rings. The van der Waals surface area contributed by atoms with Gasteiger partial charge in [-0.3, -0.25) is 9.97 Å². The highest BCUT2D eigenvalue weighted by Gasteiger charge is 2.21. The Hall–Kier alpha value is -3.03. The molecular weight excluding hydrogens is 410 g/mol. The lowest BCUT2D eigenvalue weighted by Crippen LogP contribution is -2.43. The van der Waals surface area contributed by atoms with Gasteiger partial charge in [-0.15, -0.1) is 0 Å². The smallest absolute Gasteiger partial charge is 0.156 e. The van der Waals surface area contributed by atoms with Gasteiger partial charge in [-0.05, 0) is 49.1 Å². The first kappa shape index (κ1) is 19.9. The maximum Gasteiger partial charge on any atom is 0.156 e. The minimum absolute atomic E-state index is 0.141. The molecule has 5 heterocycles. The third kappa shape index (κ3) is 3.86. The number of piperidine rings is 1. The minimum Gasteiger partial charge on any atom is -0.354 e. The van der Waals surface area contributed by atoms with Crippen molar-refractivity contribution in [1.29, 1.82) is 0 Å². The lowest BCUT2D eigenvalue weighted by molar-refractivity contribution is 0.503. The van der Waals surface area contributed by atoms with Gasteiger partial charge in [0.25, 0.3) is 0 Å². The number of hydrogen-bond acceptors (Lipinski definition) is 6. The van der Waals surface area contributed by atoms with Crippen LogP contribution in [-0.4, -0.2) is 43.9 Å². The summed E-state index contributed by atoms with van der Waals surface area (Å²) in [7, 11) is 0. The van der Waals surface area contributed by atoms with Crippen molar-refractivity contribution in [3.63, 3.8) is 0 Å². The molecule has 31 heavy (non-hydrogen) atoms. The Labute approximate surface area is 185 Å². The number of aromatic nitrogens is 5. The highest BCUT2D eigenvalue weighted by Crippen LogP contribution is 2.29. The molecule has 4 aromatic heterocycles. The zero-order chi connectivity index (χ0) is 21.4. The Morgan fingerprint density at radius 1 is 1.16 bits per heavy atom. The maximum absolute atomic E-state index is 6.50. The van der Waals surface area contributed by atoms with Gasteiger partial charge in [-0.2, -0.15) is 5.10 Å². The summed E-state index contributed by atoms with van der Waals surface area (Å²) in [4.78, 5) is 16.0. The van der Waals surface area contributed by atoms with E-state index in [1.165, 1.54) is 5.56 Å².